The minimum Gasteiger partial charge on any atom is -0.490 e. The second-order valence-corrected chi connectivity index (χ2v) is 3.18. The summed E-state index contributed by atoms with van der Waals surface area (Å²) in [5.74, 6) is 0.142. The number of hydrogen-bond acceptors (Lipinski definition) is 4. The number of hydrogen-bond donors (Lipinski definition) is 1. The summed E-state index contributed by atoms with van der Waals surface area (Å²) >= 11 is 0. The standard InChI is InChI=1S/C10H8N2O4/c1-16-9-4-6-2-3-11-10(13)7(6)5-8(9)12(14)15/h2-5H,1H3,(H,11,13). The zero-order valence-corrected chi connectivity index (χ0v) is 8.39. The molecule has 0 fully saturated rings. The van der Waals surface area contributed by atoms with Gasteiger partial charge in [-0.3, -0.25) is 14.9 Å². The molecule has 1 aromatic carbocycles. The van der Waals surface area contributed by atoms with E-state index in [1.54, 1.807) is 6.07 Å². The summed E-state index contributed by atoms with van der Waals surface area (Å²) in [4.78, 5) is 24.1. The first kappa shape index (κ1) is 10.2. The van der Waals surface area contributed by atoms with Crippen LogP contribution in [0.2, 0.25) is 0 Å². The van der Waals surface area contributed by atoms with Gasteiger partial charge in [-0.2, -0.15) is 0 Å². The number of fused-ring (bicyclic) bond motifs is 1. The summed E-state index contributed by atoms with van der Waals surface area (Å²) in [5.41, 5.74) is -0.574. The quantitative estimate of drug-likeness (QED) is 0.613. The Hall–Kier alpha value is -2.37. The smallest absolute Gasteiger partial charge is 0.311 e. The lowest BCUT2D eigenvalue weighted by Gasteiger charge is -2.03. The van der Waals surface area contributed by atoms with Crippen LogP contribution in [0.15, 0.2) is 29.2 Å². The number of nitrogens with zero attached hydrogens (tertiary/aromatic N) is 1. The minimum absolute atomic E-state index is 0.142. The Morgan fingerprint density at radius 2 is 2.19 bits per heavy atom. The van der Waals surface area contributed by atoms with Crippen LogP contribution in [0.1, 0.15) is 0 Å². The summed E-state index contributed by atoms with van der Waals surface area (Å²) < 4.78 is 4.90. The van der Waals surface area contributed by atoms with Gasteiger partial charge in [0.05, 0.1) is 17.4 Å². The van der Waals surface area contributed by atoms with E-state index < -0.39 is 4.92 Å². The van der Waals surface area contributed by atoms with E-state index in [0.29, 0.717) is 5.39 Å². The number of aromatic nitrogens is 1. The molecule has 16 heavy (non-hydrogen) atoms. The van der Waals surface area contributed by atoms with Crippen molar-refractivity contribution in [1.29, 1.82) is 0 Å². The zero-order chi connectivity index (χ0) is 11.7. The van der Waals surface area contributed by atoms with Gasteiger partial charge in [0.15, 0.2) is 5.75 Å². The summed E-state index contributed by atoms with van der Waals surface area (Å²) in [6, 6.07) is 4.35. The van der Waals surface area contributed by atoms with Gasteiger partial charge in [0.25, 0.3) is 5.56 Å². The number of rotatable bonds is 2. The molecule has 1 N–H and O–H groups in total. The van der Waals surface area contributed by atoms with Gasteiger partial charge in [-0.15, -0.1) is 0 Å². The molecular weight excluding hydrogens is 212 g/mol. The Morgan fingerprint density at radius 1 is 1.44 bits per heavy atom. The molecule has 0 saturated heterocycles. The van der Waals surface area contributed by atoms with E-state index in [1.807, 2.05) is 0 Å². The third-order valence-electron chi connectivity index (χ3n) is 2.27. The molecule has 2 aromatic rings. The molecule has 0 bridgehead atoms. The van der Waals surface area contributed by atoms with Crippen molar-refractivity contribution in [2.45, 2.75) is 0 Å². The molecule has 1 heterocycles. The molecule has 2 rings (SSSR count). The first-order valence-corrected chi connectivity index (χ1v) is 4.47. The summed E-state index contributed by atoms with van der Waals surface area (Å²) in [5, 5.41) is 11.6. The normalized spacial score (nSPS) is 10.3. The van der Waals surface area contributed by atoms with E-state index in [9.17, 15) is 14.9 Å². The van der Waals surface area contributed by atoms with E-state index in [-0.39, 0.29) is 22.4 Å². The average Bonchev–Trinajstić information content (AvgIpc) is 2.27. The van der Waals surface area contributed by atoms with Gasteiger partial charge in [0, 0.05) is 12.3 Å². The number of pyridine rings is 1. The predicted molar refractivity (Wildman–Crippen MR) is 57.8 cm³/mol. The van der Waals surface area contributed by atoms with E-state index in [4.69, 9.17) is 4.74 Å². The highest BCUT2D eigenvalue weighted by molar-refractivity contribution is 5.86. The maximum absolute atomic E-state index is 11.4. The number of methoxy groups -OCH3 is 1. The highest BCUT2D eigenvalue weighted by Crippen LogP contribution is 2.30. The number of H-pyrrole nitrogens is 1. The molecule has 82 valence electrons. The Kier molecular flexibility index (Phi) is 2.32. The van der Waals surface area contributed by atoms with Crippen molar-refractivity contribution in [2.75, 3.05) is 7.11 Å². The largest absolute Gasteiger partial charge is 0.490 e. The van der Waals surface area contributed by atoms with Gasteiger partial charge < -0.3 is 9.72 Å². The van der Waals surface area contributed by atoms with Crippen LogP contribution in [-0.4, -0.2) is 17.0 Å². The number of nitro groups is 1. The van der Waals surface area contributed by atoms with Crippen LogP contribution in [0.25, 0.3) is 10.8 Å². The number of ether oxygens (including phenoxy) is 1. The maximum atomic E-state index is 11.4. The Balaban J connectivity index is 2.86. The second-order valence-electron chi connectivity index (χ2n) is 3.18. The molecule has 0 aliphatic heterocycles. The molecule has 6 nitrogen and oxygen atoms in total. The first-order valence-electron chi connectivity index (χ1n) is 4.47. The van der Waals surface area contributed by atoms with Crippen LogP contribution < -0.4 is 10.3 Å². The van der Waals surface area contributed by atoms with Gasteiger partial charge >= 0.3 is 5.69 Å². The van der Waals surface area contributed by atoms with Gasteiger partial charge in [0.1, 0.15) is 0 Å². The van der Waals surface area contributed by atoms with Crippen LogP contribution in [-0.2, 0) is 0 Å². The number of nitrogens with one attached hydrogen (secondary N) is 1. The SMILES string of the molecule is COc1cc2cc[nH]c(=O)c2cc1[N+](=O)[O-]. The summed E-state index contributed by atoms with van der Waals surface area (Å²) in [6.45, 7) is 0. The maximum Gasteiger partial charge on any atom is 0.311 e. The molecule has 0 radical (unpaired) electrons. The molecule has 0 unspecified atom stereocenters. The molecular formula is C10H8N2O4. The third-order valence-corrected chi connectivity index (χ3v) is 2.27. The average molecular weight is 220 g/mol. The van der Waals surface area contributed by atoms with Crippen molar-refractivity contribution in [3.05, 3.63) is 44.9 Å². The minimum atomic E-state index is -0.579. The monoisotopic (exact) mass is 220 g/mol. The Labute approximate surface area is 89.6 Å². The van der Waals surface area contributed by atoms with Gasteiger partial charge in [-0.1, -0.05) is 0 Å². The zero-order valence-electron chi connectivity index (χ0n) is 8.39. The molecule has 0 aliphatic carbocycles. The Morgan fingerprint density at radius 3 is 2.81 bits per heavy atom. The van der Waals surface area contributed by atoms with Crippen molar-refractivity contribution in [3.63, 3.8) is 0 Å². The predicted octanol–water partition coefficient (Wildman–Crippen LogP) is 1.44. The van der Waals surface area contributed by atoms with Crippen LogP contribution in [0.3, 0.4) is 0 Å². The first-order chi connectivity index (χ1) is 7.63. The van der Waals surface area contributed by atoms with Crippen LogP contribution in [0.4, 0.5) is 5.69 Å². The molecule has 0 amide bonds. The van der Waals surface area contributed by atoms with Crippen LogP contribution >= 0.6 is 0 Å². The van der Waals surface area contributed by atoms with Crippen LogP contribution in [0.5, 0.6) is 5.75 Å². The fourth-order valence-electron chi connectivity index (χ4n) is 1.51. The van der Waals surface area contributed by atoms with E-state index in [0.717, 1.165) is 0 Å². The summed E-state index contributed by atoms with van der Waals surface area (Å²) in [7, 11) is 1.35. The molecule has 0 atom stereocenters. The topological polar surface area (TPSA) is 85.2 Å². The van der Waals surface area contributed by atoms with Crippen molar-refractivity contribution >= 4 is 16.5 Å². The van der Waals surface area contributed by atoms with E-state index in [2.05, 4.69) is 4.98 Å². The van der Waals surface area contributed by atoms with Crippen molar-refractivity contribution < 1.29 is 9.66 Å². The highest BCUT2D eigenvalue weighted by Gasteiger charge is 2.16. The number of benzene rings is 1. The molecule has 1 aromatic heterocycles. The molecule has 6 heteroatoms. The van der Waals surface area contributed by atoms with Crippen LogP contribution in [0, 0.1) is 10.1 Å². The lowest BCUT2D eigenvalue weighted by Crippen LogP contribution is -2.05. The fourth-order valence-corrected chi connectivity index (χ4v) is 1.51. The third kappa shape index (κ3) is 1.50. The molecule has 0 spiro atoms. The lowest BCUT2D eigenvalue weighted by molar-refractivity contribution is -0.385. The number of aromatic amines is 1. The van der Waals surface area contributed by atoms with Gasteiger partial charge in [0.2, 0.25) is 0 Å². The lowest BCUT2D eigenvalue weighted by atomic mass is 10.1. The molecule has 0 saturated carbocycles. The van der Waals surface area contributed by atoms with Crippen molar-refractivity contribution in [2.24, 2.45) is 0 Å². The van der Waals surface area contributed by atoms with Crippen molar-refractivity contribution in [3.8, 4) is 5.75 Å². The second kappa shape index (κ2) is 3.65. The van der Waals surface area contributed by atoms with E-state index >= 15 is 0 Å². The Bertz CT molecular complexity index is 618. The van der Waals surface area contributed by atoms with Gasteiger partial charge in [-0.05, 0) is 17.5 Å². The summed E-state index contributed by atoms with van der Waals surface area (Å²) in [6.07, 6.45) is 1.48. The van der Waals surface area contributed by atoms with Crippen molar-refractivity contribution in [1.82, 2.24) is 4.98 Å². The van der Waals surface area contributed by atoms with Gasteiger partial charge in [-0.25, -0.2) is 0 Å². The highest BCUT2D eigenvalue weighted by atomic mass is 16.6. The molecule has 0 aliphatic rings. The fraction of sp³-hybridized carbons (Fsp3) is 0.100. The number of nitro benzene ring substituents is 1. The van der Waals surface area contributed by atoms with E-state index in [1.165, 1.54) is 25.4 Å².